The average Bonchev–Trinajstić information content (AvgIpc) is 2.88. The SMILES string of the molecule is CCCc1ccc(CCCCCCCCCCC(=O)O)o1. The summed E-state index contributed by atoms with van der Waals surface area (Å²) in [5.74, 6) is 1.58. The van der Waals surface area contributed by atoms with Gasteiger partial charge >= 0.3 is 5.97 Å². The van der Waals surface area contributed by atoms with Crippen LogP contribution < -0.4 is 0 Å². The van der Waals surface area contributed by atoms with Crippen LogP contribution in [0.3, 0.4) is 0 Å². The number of aliphatic carboxylic acids is 1. The van der Waals surface area contributed by atoms with Crippen LogP contribution >= 0.6 is 0 Å². The van der Waals surface area contributed by atoms with Crippen LogP contribution in [0.2, 0.25) is 0 Å². The van der Waals surface area contributed by atoms with Crippen molar-refractivity contribution in [2.75, 3.05) is 0 Å². The Morgan fingerprint density at radius 1 is 0.905 bits per heavy atom. The number of carbonyl (C=O) groups is 1. The van der Waals surface area contributed by atoms with Gasteiger partial charge in [-0.3, -0.25) is 4.79 Å². The minimum atomic E-state index is -0.671. The number of carboxylic acid groups (broad SMARTS) is 1. The molecule has 0 aliphatic rings. The first-order chi connectivity index (χ1) is 10.2. The van der Waals surface area contributed by atoms with E-state index in [2.05, 4.69) is 19.1 Å². The predicted molar refractivity (Wildman–Crippen MR) is 85.6 cm³/mol. The summed E-state index contributed by atoms with van der Waals surface area (Å²) in [6.07, 6.45) is 12.9. The molecule has 1 aromatic rings. The minimum Gasteiger partial charge on any atom is -0.481 e. The normalized spacial score (nSPS) is 10.9. The quantitative estimate of drug-likeness (QED) is 0.497. The first-order valence-electron chi connectivity index (χ1n) is 8.51. The molecule has 3 heteroatoms. The number of hydrogen-bond donors (Lipinski definition) is 1. The van der Waals surface area contributed by atoms with Gasteiger partial charge in [-0.2, -0.15) is 0 Å². The fourth-order valence-electron chi connectivity index (χ4n) is 2.57. The number of unbranched alkanes of at least 4 members (excludes halogenated alkanes) is 7. The monoisotopic (exact) mass is 294 g/mol. The molecule has 0 bridgehead atoms. The van der Waals surface area contributed by atoms with Crippen molar-refractivity contribution in [3.63, 3.8) is 0 Å². The molecule has 0 unspecified atom stereocenters. The van der Waals surface area contributed by atoms with Crippen molar-refractivity contribution in [3.8, 4) is 0 Å². The lowest BCUT2D eigenvalue weighted by molar-refractivity contribution is -0.137. The molecule has 3 nitrogen and oxygen atoms in total. The molecule has 0 saturated heterocycles. The van der Waals surface area contributed by atoms with E-state index in [9.17, 15) is 4.79 Å². The van der Waals surface area contributed by atoms with E-state index in [1.807, 2.05) is 0 Å². The molecule has 0 atom stereocenters. The maximum Gasteiger partial charge on any atom is 0.303 e. The lowest BCUT2D eigenvalue weighted by Crippen LogP contribution is -1.93. The highest BCUT2D eigenvalue weighted by molar-refractivity contribution is 5.66. The fourth-order valence-corrected chi connectivity index (χ4v) is 2.57. The van der Waals surface area contributed by atoms with Crippen LogP contribution in [-0.4, -0.2) is 11.1 Å². The molecule has 0 amide bonds. The van der Waals surface area contributed by atoms with Crippen molar-refractivity contribution in [2.24, 2.45) is 0 Å². The van der Waals surface area contributed by atoms with E-state index >= 15 is 0 Å². The Kier molecular flexibility index (Phi) is 9.68. The van der Waals surface area contributed by atoms with Gasteiger partial charge in [-0.15, -0.1) is 0 Å². The number of aryl methyl sites for hydroxylation is 2. The molecule has 1 aromatic heterocycles. The third kappa shape index (κ3) is 9.33. The summed E-state index contributed by atoms with van der Waals surface area (Å²) in [5.41, 5.74) is 0. The lowest BCUT2D eigenvalue weighted by atomic mass is 10.1. The molecule has 0 aromatic carbocycles. The highest BCUT2D eigenvalue weighted by Gasteiger charge is 2.01. The molecular formula is C18H30O3. The van der Waals surface area contributed by atoms with Gasteiger partial charge in [0.25, 0.3) is 0 Å². The van der Waals surface area contributed by atoms with E-state index in [1.54, 1.807) is 0 Å². The average molecular weight is 294 g/mol. The summed E-state index contributed by atoms with van der Waals surface area (Å²) < 4.78 is 5.77. The van der Waals surface area contributed by atoms with E-state index < -0.39 is 5.97 Å². The number of rotatable bonds is 13. The van der Waals surface area contributed by atoms with Crippen LogP contribution in [0.1, 0.15) is 82.7 Å². The molecule has 1 N–H and O–H groups in total. The Morgan fingerprint density at radius 3 is 2.00 bits per heavy atom. The molecule has 0 radical (unpaired) electrons. The summed E-state index contributed by atoms with van der Waals surface area (Å²) in [5, 5.41) is 8.53. The zero-order chi connectivity index (χ0) is 15.3. The van der Waals surface area contributed by atoms with Crippen molar-refractivity contribution in [2.45, 2.75) is 84.0 Å². The Balaban J connectivity index is 1.89. The van der Waals surface area contributed by atoms with Gasteiger partial charge in [0.15, 0.2) is 0 Å². The molecule has 1 rings (SSSR count). The predicted octanol–water partition coefficient (Wildman–Crippen LogP) is 5.37. The van der Waals surface area contributed by atoms with Crippen molar-refractivity contribution >= 4 is 5.97 Å². The number of furan rings is 1. The lowest BCUT2D eigenvalue weighted by Gasteiger charge is -2.01. The van der Waals surface area contributed by atoms with E-state index in [1.165, 1.54) is 38.5 Å². The van der Waals surface area contributed by atoms with Crippen LogP contribution in [0.4, 0.5) is 0 Å². The molecular weight excluding hydrogens is 264 g/mol. The first kappa shape index (κ1) is 17.8. The third-order valence-electron chi connectivity index (χ3n) is 3.78. The molecule has 120 valence electrons. The Bertz CT molecular complexity index is 382. The summed E-state index contributed by atoms with van der Waals surface area (Å²) in [7, 11) is 0. The van der Waals surface area contributed by atoms with Gasteiger partial charge in [0, 0.05) is 19.3 Å². The summed E-state index contributed by atoms with van der Waals surface area (Å²) >= 11 is 0. The fraction of sp³-hybridized carbons (Fsp3) is 0.722. The number of carboxylic acids is 1. The first-order valence-corrected chi connectivity index (χ1v) is 8.51. The van der Waals surface area contributed by atoms with E-state index in [0.717, 1.165) is 43.6 Å². The molecule has 0 fully saturated rings. The standard InChI is InChI=1S/C18H30O3/c1-2-11-16-14-15-17(21-16)12-9-7-5-3-4-6-8-10-13-18(19)20/h14-15H,2-13H2,1H3,(H,19,20). The van der Waals surface area contributed by atoms with E-state index in [0.29, 0.717) is 6.42 Å². The van der Waals surface area contributed by atoms with Crippen LogP contribution in [0.5, 0.6) is 0 Å². The second-order valence-electron chi connectivity index (χ2n) is 5.84. The Hall–Kier alpha value is -1.25. The smallest absolute Gasteiger partial charge is 0.303 e. The van der Waals surface area contributed by atoms with Gasteiger partial charge in [0.05, 0.1) is 0 Å². The maximum atomic E-state index is 10.4. The molecule has 0 spiro atoms. The van der Waals surface area contributed by atoms with Crippen molar-refractivity contribution in [1.29, 1.82) is 0 Å². The van der Waals surface area contributed by atoms with Gasteiger partial charge in [-0.05, 0) is 31.4 Å². The molecule has 0 saturated carbocycles. The van der Waals surface area contributed by atoms with Gasteiger partial charge in [-0.1, -0.05) is 45.4 Å². The van der Waals surface area contributed by atoms with Crippen LogP contribution in [0, 0.1) is 0 Å². The molecule has 1 heterocycles. The second kappa shape index (κ2) is 11.4. The maximum absolute atomic E-state index is 10.4. The Morgan fingerprint density at radius 2 is 1.43 bits per heavy atom. The zero-order valence-electron chi connectivity index (χ0n) is 13.4. The Labute approximate surface area is 128 Å². The van der Waals surface area contributed by atoms with E-state index in [4.69, 9.17) is 9.52 Å². The number of hydrogen-bond acceptors (Lipinski definition) is 2. The summed E-state index contributed by atoms with van der Waals surface area (Å²) in [4.78, 5) is 10.4. The summed E-state index contributed by atoms with van der Waals surface area (Å²) in [6, 6.07) is 4.23. The highest BCUT2D eigenvalue weighted by Crippen LogP contribution is 2.15. The molecule has 0 aliphatic carbocycles. The zero-order valence-corrected chi connectivity index (χ0v) is 13.4. The highest BCUT2D eigenvalue weighted by atomic mass is 16.4. The molecule has 21 heavy (non-hydrogen) atoms. The van der Waals surface area contributed by atoms with Gasteiger partial charge in [0.1, 0.15) is 11.5 Å². The van der Waals surface area contributed by atoms with Crippen LogP contribution in [0.25, 0.3) is 0 Å². The van der Waals surface area contributed by atoms with Crippen molar-refractivity contribution < 1.29 is 14.3 Å². The van der Waals surface area contributed by atoms with Crippen LogP contribution in [-0.2, 0) is 17.6 Å². The summed E-state index contributed by atoms with van der Waals surface area (Å²) in [6.45, 7) is 2.17. The van der Waals surface area contributed by atoms with E-state index in [-0.39, 0.29) is 0 Å². The van der Waals surface area contributed by atoms with Crippen LogP contribution in [0.15, 0.2) is 16.5 Å². The minimum absolute atomic E-state index is 0.323. The largest absolute Gasteiger partial charge is 0.481 e. The van der Waals surface area contributed by atoms with Gasteiger partial charge < -0.3 is 9.52 Å². The third-order valence-corrected chi connectivity index (χ3v) is 3.78. The van der Waals surface area contributed by atoms with Crippen molar-refractivity contribution in [3.05, 3.63) is 23.7 Å². The van der Waals surface area contributed by atoms with Gasteiger partial charge in [0.2, 0.25) is 0 Å². The van der Waals surface area contributed by atoms with Crippen molar-refractivity contribution in [1.82, 2.24) is 0 Å². The molecule has 0 aliphatic heterocycles. The van der Waals surface area contributed by atoms with Gasteiger partial charge in [-0.25, -0.2) is 0 Å². The second-order valence-corrected chi connectivity index (χ2v) is 5.84. The topological polar surface area (TPSA) is 50.4 Å².